The number of Topliss-reactive ketones (excluding diaryl/α,β-unsaturated/α-hetero) is 1. The molecular formula is C19H17ClN2O2S. The first-order chi connectivity index (χ1) is 11.9. The summed E-state index contributed by atoms with van der Waals surface area (Å²) in [7, 11) is 0. The number of rotatable bonds is 5. The van der Waals surface area contributed by atoms with Crippen molar-refractivity contribution in [3.63, 3.8) is 0 Å². The molecule has 2 aromatic carbocycles. The number of benzene rings is 2. The minimum Gasteiger partial charge on any atom is -0.411 e. The van der Waals surface area contributed by atoms with Gasteiger partial charge >= 0.3 is 0 Å². The molecule has 25 heavy (non-hydrogen) atoms. The average molecular weight is 373 g/mol. The third-order valence-corrected chi connectivity index (χ3v) is 5.12. The minimum atomic E-state index is -0.319. The molecule has 0 N–H and O–H groups in total. The van der Waals surface area contributed by atoms with Gasteiger partial charge in [0.15, 0.2) is 5.78 Å². The molecule has 4 nitrogen and oxygen atoms in total. The first-order valence-corrected chi connectivity index (χ1v) is 9.07. The third-order valence-electron chi connectivity index (χ3n) is 3.94. The SMILES string of the molecule is Cc1ccc(C(=O)[C@@H](C)Sc2nnc(-c3ccc(Cl)cc3)o2)cc1C. The van der Waals surface area contributed by atoms with Gasteiger partial charge in [0.05, 0.1) is 5.25 Å². The Morgan fingerprint density at radius 3 is 2.48 bits per heavy atom. The van der Waals surface area contributed by atoms with Crippen LogP contribution in [0.4, 0.5) is 0 Å². The number of carbonyl (C=O) groups is 1. The number of thioether (sulfide) groups is 1. The number of ketones is 1. The zero-order chi connectivity index (χ0) is 18.0. The molecule has 6 heteroatoms. The van der Waals surface area contributed by atoms with Gasteiger partial charge in [0.25, 0.3) is 5.22 Å². The average Bonchev–Trinajstić information content (AvgIpc) is 3.05. The molecule has 128 valence electrons. The van der Waals surface area contributed by atoms with E-state index in [9.17, 15) is 4.79 Å². The van der Waals surface area contributed by atoms with Crippen molar-refractivity contribution < 1.29 is 9.21 Å². The van der Waals surface area contributed by atoms with Gasteiger partial charge in [-0.05, 0) is 62.2 Å². The molecule has 0 bridgehead atoms. The Morgan fingerprint density at radius 2 is 1.80 bits per heavy atom. The van der Waals surface area contributed by atoms with Crippen molar-refractivity contribution in [2.75, 3.05) is 0 Å². The second-order valence-electron chi connectivity index (χ2n) is 5.80. The van der Waals surface area contributed by atoms with Crippen LogP contribution >= 0.6 is 23.4 Å². The van der Waals surface area contributed by atoms with Crippen molar-refractivity contribution in [1.82, 2.24) is 10.2 Å². The number of halogens is 1. The van der Waals surface area contributed by atoms with Crippen molar-refractivity contribution >= 4 is 29.1 Å². The quantitative estimate of drug-likeness (QED) is 0.445. The van der Waals surface area contributed by atoms with Gasteiger partial charge in [0, 0.05) is 16.1 Å². The first kappa shape index (κ1) is 17.7. The van der Waals surface area contributed by atoms with Crippen molar-refractivity contribution in [2.24, 2.45) is 0 Å². The molecule has 0 fully saturated rings. The molecule has 0 unspecified atom stereocenters. The van der Waals surface area contributed by atoms with Gasteiger partial charge in [0.1, 0.15) is 0 Å². The Morgan fingerprint density at radius 1 is 1.08 bits per heavy atom. The number of aromatic nitrogens is 2. The van der Waals surface area contributed by atoms with Crippen LogP contribution in [0.5, 0.6) is 0 Å². The summed E-state index contributed by atoms with van der Waals surface area (Å²) in [5.74, 6) is 0.448. The molecule has 0 saturated heterocycles. The molecule has 3 aromatic rings. The van der Waals surface area contributed by atoms with Crippen molar-refractivity contribution in [3.05, 3.63) is 64.2 Å². The zero-order valence-electron chi connectivity index (χ0n) is 14.1. The highest BCUT2D eigenvalue weighted by molar-refractivity contribution is 8.00. The Labute approximate surface area is 155 Å². The van der Waals surface area contributed by atoms with E-state index in [0.717, 1.165) is 11.1 Å². The fraction of sp³-hybridized carbons (Fsp3) is 0.211. The van der Waals surface area contributed by atoms with Crippen LogP contribution in [0.15, 0.2) is 52.1 Å². The van der Waals surface area contributed by atoms with Gasteiger partial charge in [-0.3, -0.25) is 4.79 Å². The molecule has 1 atom stereocenters. The second kappa shape index (κ2) is 7.42. The standard InChI is InChI=1S/C19H17ClN2O2S/c1-11-4-5-15(10-12(11)2)17(23)13(3)25-19-22-21-18(24-19)14-6-8-16(20)9-7-14/h4-10,13H,1-3H3/t13-/m1/s1. The molecule has 0 spiro atoms. The summed E-state index contributed by atoms with van der Waals surface area (Å²) < 4.78 is 5.65. The molecule has 0 aliphatic rings. The summed E-state index contributed by atoms with van der Waals surface area (Å²) in [6.07, 6.45) is 0. The Bertz CT molecular complexity index is 906. The molecule has 3 rings (SSSR count). The van der Waals surface area contributed by atoms with Crippen molar-refractivity contribution in [3.8, 4) is 11.5 Å². The summed E-state index contributed by atoms with van der Waals surface area (Å²) in [5.41, 5.74) is 3.75. The highest BCUT2D eigenvalue weighted by Crippen LogP contribution is 2.28. The number of aryl methyl sites for hydroxylation is 2. The molecule has 0 aliphatic carbocycles. The monoisotopic (exact) mass is 372 g/mol. The molecule has 1 heterocycles. The van der Waals surface area contributed by atoms with Crippen LogP contribution in [0.3, 0.4) is 0 Å². The highest BCUT2D eigenvalue weighted by Gasteiger charge is 2.20. The van der Waals surface area contributed by atoms with Gasteiger partial charge in [-0.2, -0.15) is 0 Å². The van der Waals surface area contributed by atoms with Crippen LogP contribution in [0, 0.1) is 13.8 Å². The number of hydrogen-bond donors (Lipinski definition) is 0. The lowest BCUT2D eigenvalue weighted by molar-refractivity contribution is 0.0993. The smallest absolute Gasteiger partial charge is 0.277 e. The second-order valence-corrected chi connectivity index (χ2v) is 7.53. The van der Waals surface area contributed by atoms with Crippen LogP contribution < -0.4 is 0 Å². The van der Waals surface area contributed by atoms with E-state index in [-0.39, 0.29) is 11.0 Å². The predicted molar refractivity (Wildman–Crippen MR) is 100 cm³/mol. The summed E-state index contributed by atoms with van der Waals surface area (Å²) in [6, 6.07) is 12.9. The van der Waals surface area contributed by atoms with Crippen LogP contribution in [0.25, 0.3) is 11.5 Å². The fourth-order valence-electron chi connectivity index (χ4n) is 2.30. The molecule has 0 saturated carbocycles. The van der Waals surface area contributed by atoms with Crippen LogP contribution in [0.1, 0.15) is 28.4 Å². The minimum absolute atomic E-state index is 0.0411. The van der Waals surface area contributed by atoms with E-state index in [2.05, 4.69) is 10.2 Å². The summed E-state index contributed by atoms with van der Waals surface area (Å²) >= 11 is 7.14. The van der Waals surface area contributed by atoms with Crippen LogP contribution in [-0.2, 0) is 0 Å². The van der Waals surface area contributed by atoms with E-state index in [0.29, 0.717) is 21.7 Å². The lowest BCUT2D eigenvalue weighted by Gasteiger charge is -2.09. The Kier molecular flexibility index (Phi) is 5.25. The predicted octanol–water partition coefficient (Wildman–Crippen LogP) is 5.37. The van der Waals surface area contributed by atoms with Gasteiger partial charge in [-0.1, -0.05) is 35.5 Å². The molecule has 1 aromatic heterocycles. The summed E-state index contributed by atoms with van der Waals surface area (Å²) in [4.78, 5) is 12.6. The normalized spacial score (nSPS) is 12.2. The number of hydrogen-bond acceptors (Lipinski definition) is 5. The summed E-state index contributed by atoms with van der Waals surface area (Å²) in [5, 5.41) is 8.75. The molecular weight excluding hydrogens is 356 g/mol. The maximum Gasteiger partial charge on any atom is 0.277 e. The van der Waals surface area contributed by atoms with Crippen molar-refractivity contribution in [2.45, 2.75) is 31.2 Å². The zero-order valence-corrected chi connectivity index (χ0v) is 15.7. The summed E-state index contributed by atoms with van der Waals surface area (Å²) in [6.45, 7) is 5.87. The van der Waals surface area contributed by atoms with E-state index in [4.69, 9.17) is 16.0 Å². The lowest BCUT2D eigenvalue weighted by Crippen LogP contribution is -2.13. The Hall–Kier alpha value is -2.11. The highest BCUT2D eigenvalue weighted by atomic mass is 35.5. The first-order valence-electron chi connectivity index (χ1n) is 7.81. The van der Waals surface area contributed by atoms with Gasteiger partial charge in [-0.15, -0.1) is 10.2 Å². The molecule has 0 radical (unpaired) electrons. The largest absolute Gasteiger partial charge is 0.411 e. The maximum absolute atomic E-state index is 12.6. The van der Waals surface area contributed by atoms with Crippen LogP contribution in [-0.4, -0.2) is 21.2 Å². The van der Waals surface area contributed by atoms with Gasteiger partial charge in [-0.25, -0.2) is 0 Å². The number of carbonyl (C=O) groups excluding carboxylic acids is 1. The number of nitrogens with zero attached hydrogens (tertiary/aromatic N) is 2. The van der Waals surface area contributed by atoms with E-state index >= 15 is 0 Å². The molecule has 0 amide bonds. The maximum atomic E-state index is 12.6. The Balaban J connectivity index is 1.72. The van der Waals surface area contributed by atoms with E-state index in [1.807, 2.05) is 51.1 Å². The topological polar surface area (TPSA) is 56.0 Å². The van der Waals surface area contributed by atoms with Crippen LogP contribution in [0.2, 0.25) is 5.02 Å². The van der Waals surface area contributed by atoms with E-state index in [1.165, 1.54) is 17.3 Å². The fourth-order valence-corrected chi connectivity index (χ4v) is 3.19. The van der Waals surface area contributed by atoms with E-state index < -0.39 is 0 Å². The van der Waals surface area contributed by atoms with Gasteiger partial charge in [0.2, 0.25) is 5.89 Å². The third kappa shape index (κ3) is 4.11. The van der Waals surface area contributed by atoms with Crippen molar-refractivity contribution in [1.29, 1.82) is 0 Å². The van der Waals surface area contributed by atoms with Gasteiger partial charge < -0.3 is 4.42 Å². The van der Waals surface area contributed by atoms with E-state index in [1.54, 1.807) is 12.1 Å². The lowest BCUT2D eigenvalue weighted by atomic mass is 10.0. The molecule has 0 aliphatic heterocycles.